The van der Waals surface area contributed by atoms with E-state index >= 15 is 0 Å². The number of halogens is 1. The Labute approximate surface area is 195 Å². The molecule has 1 atom stereocenters. The number of amides is 1. The van der Waals surface area contributed by atoms with Gasteiger partial charge in [0, 0.05) is 34.7 Å². The van der Waals surface area contributed by atoms with E-state index in [0.29, 0.717) is 46.8 Å². The first kappa shape index (κ1) is 22.5. The maximum Gasteiger partial charge on any atom is 0.261 e. The summed E-state index contributed by atoms with van der Waals surface area (Å²) >= 11 is 7.93. The van der Waals surface area contributed by atoms with Crippen LogP contribution in [0.2, 0.25) is 5.02 Å². The van der Waals surface area contributed by atoms with Crippen LogP contribution < -0.4 is 20.3 Å². The van der Waals surface area contributed by atoms with Crippen LogP contribution in [0.4, 0.5) is 0 Å². The zero-order valence-electron chi connectivity index (χ0n) is 17.9. The summed E-state index contributed by atoms with van der Waals surface area (Å²) in [5.74, 6) is 1.90. The number of fused-ring (bicyclic) bond motifs is 2. The highest BCUT2D eigenvalue weighted by molar-refractivity contribution is 7.99. The Morgan fingerprint density at radius 3 is 2.81 bits per heavy atom. The Kier molecular flexibility index (Phi) is 6.91. The lowest BCUT2D eigenvalue weighted by Crippen LogP contribution is -2.31. The second-order valence-electron chi connectivity index (χ2n) is 7.51. The third kappa shape index (κ3) is 4.71. The van der Waals surface area contributed by atoms with Gasteiger partial charge < -0.3 is 14.8 Å². The number of aromatic nitrogens is 2. The van der Waals surface area contributed by atoms with Gasteiger partial charge in [-0.2, -0.15) is 0 Å². The number of hydrogen-bond donors (Lipinski definition) is 1. The number of rotatable bonds is 7. The van der Waals surface area contributed by atoms with Gasteiger partial charge in [-0.15, -0.1) is 11.8 Å². The number of aryl methyl sites for hydroxylation is 1. The van der Waals surface area contributed by atoms with E-state index in [1.807, 2.05) is 18.2 Å². The molecule has 1 aliphatic heterocycles. The van der Waals surface area contributed by atoms with Crippen LogP contribution in [0.3, 0.4) is 0 Å². The van der Waals surface area contributed by atoms with Crippen LogP contribution in [0.25, 0.3) is 10.9 Å². The van der Waals surface area contributed by atoms with E-state index in [1.54, 1.807) is 23.9 Å². The average molecular weight is 474 g/mol. The van der Waals surface area contributed by atoms with Gasteiger partial charge in [0.2, 0.25) is 5.91 Å². The first-order valence-corrected chi connectivity index (χ1v) is 11.7. The molecule has 9 heteroatoms. The molecule has 0 radical (unpaired) electrons. The van der Waals surface area contributed by atoms with Crippen molar-refractivity contribution >= 4 is 40.2 Å². The van der Waals surface area contributed by atoms with Crippen LogP contribution in [0.15, 0.2) is 46.3 Å². The second kappa shape index (κ2) is 9.83. The minimum absolute atomic E-state index is 0.0371. The Hall–Kier alpha value is -2.71. The van der Waals surface area contributed by atoms with Crippen LogP contribution in [-0.4, -0.2) is 35.4 Å². The highest BCUT2D eigenvalue weighted by Crippen LogP contribution is 2.37. The summed E-state index contributed by atoms with van der Waals surface area (Å²) in [5, 5.41) is 4.23. The largest absolute Gasteiger partial charge is 0.493 e. The molecule has 1 N–H and O–H groups in total. The molecule has 32 heavy (non-hydrogen) atoms. The molecule has 4 rings (SSSR count). The topological polar surface area (TPSA) is 82.5 Å². The number of ether oxygens (including phenoxy) is 2. The van der Waals surface area contributed by atoms with Gasteiger partial charge >= 0.3 is 0 Å². The summed E-state index contributed by atoms with van der Waals surface area (Å²) in [6.45, 7) is 0.395. The highest BCUT2D eigenvalue weighted by Gasteiger charge is 2.22. The number of carbonyl (C=O) groups excluding carboxylic acids is 1. The summed E-state index contributed by atoms with van der Waals surface area (Å²) in [6, 6.07) is 9.08. The average Bonchev–Trinajstić information content (AvgIpc) is 2.80. The molecule has 2 aromatic carbocycles. The lowest BCUT2D eigenvalue weighted by molar-refractivity contribution is -0.122. The van der Waals surface area contributed by atoms with Crippen molar-refractivity contribution in [3.05, 3.63) is 57.6 Å². The zero-order valence-corrected chi connectivity index (χ0v) is 19.5. The number of benzene rings is 2. The predicted molar refractivity (Wildman–Crippen MR) is 126 cm³/mol. The Balaban J connectivity index is 1.40. The molecule has 0 fully saturated rings. The maximum atomic E-state index is 12.9. The molecule has 0 spiro atoms. The smallest absolute Gasteiger partial charge is 0.261 e. The summed E-state index contributed by atoms with van der Waals surface area (Å²) in [4.78, 5) is 31.0. The van der Waals surface area contributed by atoms with Crippen LogP contribution in [0.5, 0.6) is 11.5 Å². The van der Waals surface area contributed by atoms with Gasteiger partial charge in [-0.1, -0.05) is 11.6 Å². The van der Waals surface area contributed by atoms with E-state index in [1.165, 1.54) is 25.1 Å². The van der Waals surface area contributed by atoms with E-state index in [-0.39, 0.29) is 17.5 Å². The number of methoxy groups -OCH3 is 2. The van der Waals surface area contributed by atoms with E-state index in [2.05, 4.69) is 10.3 Å². The number of nitrogens with one attached hydrogen (secondary N) is 1. The molecule has 3 aromatic rings. The van der Waals surface area contributed by atoms with Crippen molar-refractivity contribution in [3.8, 4) is 11.5 Å². The SMILES string of the molecule is COc1cc2ncn(CCCC(=O)NC3CCSc4ccc(Cl)cc43)c(=O)c2cc1OC. The molecule has 0 aliphatic carbocycles. The Bertz CT molecular complexity index is 1210. The van der Waals surface area contributed by atoms with Gasteiger partial charge in [-0.05, 0) is 42.7 Å². The van der Waals surface area contributed by atoms with Crippen molar-refractivity contribution in [1.29, 1.82) is 0 Å². The standard InChI is InChI=1S/C23H24ClN3O4S/c1-30-19-11-16-18(12-20(19)31-2)25-13-27(23(16)29)8-3-4-22(28)26-17-7-9-32-21-6-5-14(24)10-15(17)21/h5-6,10-13,17H,3-4,7-9H2,1-2H3,(H,26,28). The van der Waals surface area contributed by atoms with E-state index < -0.39 is 0 Å². The molecule has 1 aliphatic rings. The van der Waals surface area contributed by atoms with Crippen molar-refractivity contribution in [2.75, 3.05) is 20.0 Å². The molecule has 0 saturated carbocycles. The fourth-order valence-corrected chi connectivity index (χ4v) is 5.12. The number of carbonyl (C=O) groups is 1. The molecule has 1 aromatic heterocycles. The third-order valence-corrected chi connectivity index (χ3v) is 6.84. The van der Waals surface area contributed by atoms with Crippen LogP contribution in [0, 0.1) is 0 Å². The normalized spacial score (nSPS) is 15.3. The highest BCUT2D eigenvalue weighted by atomic mass is 35.5. The summed E-state index contributed by atoms with van der Waals surface area (Å²) in [6.07, 6.45) is 3.21. The van der Waals surface area contributed by atoms with Crippen molar-refractivity contribution in [2.45, 2.75) is 36.7 Å². The zero-order chi connectivity index (χ0) is 22.7. The van der Waals surface area contributed by atoms with Crippen molar-refractivity contribution in [1.82, 2.24) is 14.9 Å². The fraction of sp³-hybridized carbons (Fsp3) is 0.348. The molecular formula is C23H24ClN3O4S. The molecule has 2 heterocycles. The first-order valence-electron chi connectivity index (χ1n) is 10.3. The van der Waals surface area contributed by atoms with E-state index in [4.69, 9.17) is 21.1 Å². The molecule has 1 amide bonds. The number of hydrogen-bond acceptors (Lipinski definition) is 6. The van der Waals surface area contributed by atoms with E-state index in [9.17, 15) is 9.59 Å². The number of nitrogens with zero attached hydrogens (tertiary/aromatic N) is 2. The maximum absolute atomic E-state index is 12.9. The van der Waals surface area contributed by atoms with Gasteiger partial charge in [0.15, 0.2) is 11.5 Å². The van der Waals surface area contributed by atoms with Gasteiger partial charge in [-0.25, -0.2) is 4.98 Å². The molecule has 7 nitrogen and oxygen atoms in total. The lowest BCUT2D eigenvalue weighted by atomic mass is 10.0. The molecular weight excluding hydrogens is 450 g/mol. The monoisotopic (exact) mass is 473 g/mol. The van der Waals surface area contributed by atoms with Crippen LogP contribution >= 0.6 is 23.4 Å². The van der Waals surface area contributed by atoms with Crippen LogP contribution in [0.1, 0.15) is 30.9 Å². The van der Waals surface area contributed by atoms with Crippen LogP contribution in [-0.2, 0) is 11.3 Å². The first-order chi connectivity index (χ1) is 15.5. The van der Waals surface area contributed by atoms with Gasteiger partial charge in [0.05, 0.1) is 37.5 Å². The summed E-state index contributed by atoms with van der Waals surface area (Å²) in [5.41, 5.74) is 1.43. The quantitative estimate of drug-likeness (QED) is 0.553. The number of thioether (sulfide) groups is 1. The van der Waals surface area contributed by atoms with Gasteiger partial charge in [0.1, 0.15) is 0 Å². The Morgan fingerprint density at radius 2 is 2.03 bits per heavy atom. The van der Waals surface area contributed by atoms with Gasteiger partial charge in [-0.3, -0.25) is 14.2 Å². The van der Waals surface area contributed by atoms with E-state index in [0.717, 1.165) is 22.6 Å². The lowest BCUT2D eigenvalue weighted by Gasteiger charge is -2.26. The van der Waals surface area contributed by atoms with Crippen molar-refractivity contribution in [3.63, 3.8) is 0 Å². The summed E-state index contributed by atoms with van der Waals surface area (Å²) < 4.78 is 12.1. The molecule has 0 bridgehead atoms. The molecule has 168 valence electrons. The minimum atomic E-state index is -0.177. The predicted octanol–water partition coefficient (Wildman–Crippen LogP) is 4.20. The van der Waals surface area contributed by atoms with Crippen molar-refractivity contribution in [2.24, 2.45) is 0 Å². The Morgan fingerprint density at radius 1 is 1.25 bits per heavy atom. The van der Waals surface area contributed by atoms with Gasteiger partial charge in [0.25, 0.3) is 5.56 Å². The third-order valence-electron chi connectivity index (χ3n) is 5.48. The molecule has 1 unspecified atom stereocenters. The fourth-order valence-electron chi connectivity index (χ4n) is 3.84. The van der Waals surface area contributed by atoms with Crippen molar-refractivity contribution < 1.29 is 14.3 Å². The second-order valence-corrected chi connectivity index (χ2v) is 9.08. The minimum Gasteiger partial charge on any atom is -0.493 e. The summed E-state index contributed by atoms with van der Waals surface area (Å²) in [7, 11) is 3.06. The molecule has 0 saturated heterocycles.